The van der Waals surface area contributed by atoms with Crippen molar-refractivity contribution in [2.45, 2.75) is 18.6 Å². The molecule has 1 aliphatic rings. The van der Waals surface area contributed by atoms with Gasteiger partial charge in [-0.15, -0.1) is 0 Å². The van der Waals surface area contributed by atoms with Gasteiger partial charge in [0.05, 0.1) is 12.0 Å². The number of ether oxygens (including phenoxy) is 2. The Morgan fingerprint density at radius 1 is 1.19 bits per heavy atom. The highest BCUT2D eigenvalue weighted by molar-refractivity contribution is 6.30. The lowest BCUT2D eigenvalue weighted by atomic mass is 10.2. The minimum Gasteiger partial charge on any atom is -0.489 e. The molecule has 4 rings (SSSR count). The maximum absolute atomic E-state index is 12.2. The van der Waals surface area contributed by atoms with Crippen LogP contribution in [0.5, 0.6) is 11.5 Å². The van der Waals surface area contributed by atoms with Gasteiger partial charge >= 0.3 is 0 Å². The van der Waals surface area contributed by atoms with E-state index in [-0.39, 0.29) is 24.4 Å². The second-order valence-electron chi connectivity index (χ2n) is 7.63. The second kappa shape index (κ2) is 10.5. The van der Waals surface area contributed by atoms with Gasteiger partial charge in [-0.1, -0.05) is 23.7 Å². The standard InChI is InChI=1S/C24H25ClN2O5/c25-17-7-9-19(10-8-17)32-20-11-12-27(15-20)14-18(28)16-31-22-5-2-1-4-21(22)26-24(29)23-6-3-13-30-23/h1-10,13,18,20,28H,11-12,14-16H2,(H,26,29). The molecule has 2 heterocycles. The number of carbonyl (C=O) groups is 1. The predicted octanol–water partition coefficient (Wildman–Crippen LogP) is 4.08. The summed E-state index contributed by atoms with van der Waals surface area (Å²) in [5.74, 6) is 1.12. The van der Waals surface area contributed by atoms with Gasteiger partial charge in [0, 0.05) is 24.7 Å². The van der Waals surface area contributed by atoms with Crippen LogP contribution >= 0.6 is 11.6 Å². The summed E-state index contributed by atoms with van der Waals surface area (Å²) in [5, 5.41) is 13.9. The Hall–Kier alpha value is -3.00. The maximum atomic E-state index is 12.2. The third-order valence-electron chi connectivity index (χ3n) is 5.13. The average molecular weight is 457 g/mol. The average Bonchev–Trinajstić information content (AvgIpc) is 3.47. The van der Waals surface area contributed by atoms with E-state index in [0.717, 1.165) is 25.3 Å². The van der Waals surface area contributed by atoms with Crippen molar-refractivity contribution < 1.29 is 23.8 Å². The number of aliphatic hydroxyl groups excluding tert-OH is 1. The minimum atomic E-state index is -0.682. The number of β-amino-alcohol motifs (C(OH)–C–C–N with tert-alkyl or cyclic N) is 1. The number of para-hydroxylation sites is 2. The van der Waals surface area contributed by atoms with Crippen molar-refractivity contribution in [1.82, 2.24) is 4.90 Å². The molecule has 7 nitrogen and oxygen atoms in total. The van der Waals surface area contributed by atoms with Gasteiger partial charge < -0.3 is 24.3 Å². The molecule has 0 aliphatic carbocycles. The van der Waals surface area contributed by atoms with Gasteiger partial charge in [0.15, 0.2) is 5.76 Å². The lowest BCUT2D eigenvalue weighted by Gasteiger charge is -2.21. The molecule has 0 spiro atoms. The summed E-state index contributed by atoms with van der Waals surface area (Å²) in [6, 6.07) is 17.7. The Morgan fingerprint density at radius 2 is 2.00 bits per heavy atom. The molecule has 1 amide bonds. The highest BCUT2D eigenvalue weighted by Crippen LogP contribution is 2.25. The summed E-state index contributed by atoms with van der Waals surface area (Å²) < 4.78 is 16.9. The van der Waals surface area contributed by atoms with E-state index in [0.29, 0.717) is 23.0 Å². The molecule has 0 saturated carbocycles. The molecule has 8 heteroatoms. The topological polar surface area (TPSA) is 84.2 Å². The molecule has 1 fully saturated rings. The van der Waals surface area contributed by atoms with Crippen LogP contribution < -0.4 is 14.8 Å². The number of furan rings is 1. The molecule has 3 aromatic rings. The Balaban J connectivity index is 1.24. The van der Waals surface area contributed by atoms with Crippen molar-refractivity contribution in [3.8, 4) is 11.5 Å². The first-order valence-corrected chi connectivity index (χ1v) is 10.8. The van der Waals surface area contributed by atoms with E-state index in [4.69, 9.17) is 25.5 Å². The number of aliphatic hydroxyl groups is 1. The van der Waals surface area contributed by atoms with Crippen molar-refractivity contribution in [2.75, 3.05) is 31.6 Å². The first kappa shape index (κ1) is 22.2. The number of rotatable bonds is 9. The van der Waals surface area contributed by atoms with Crippen molar-refractivity contribution in [1.29, 1.82) is 0 Å². The quantitative estimate of drug-likeness (QED) is 0.504. The zero-order chi connectivity index (χ0) is 22.3. The fraction of sp³-hybridized carbons (Fsp3) is 0.292. The Labute approximate surface area is 191 Å². The lowest BCUT2D eigenvalue weighted by molar-refractivity contribution is 0.0722. The number of carbonyl (C=O) groups excluding carboxylic acids is 1. The van der Waals surface area contributed by atoms with E-state index in [1.54, 1.807) is 42.5 Å². The molecular weight excluding hydrogens is 432 g/mol. The number of nitrogens with zero attached hydrogens (tertiary/aromatic N) is 1. The zero-order valence-corrected chi connectivity index (χ0v) is 18.2. The van der Waals surface area contributed by atoms with E-state index in [1.165, 1.54) is 6.26 Å². The monoisotopic (exact) mass is 456 g/mol. The number of hydrogen-bond donors (Lipinski definition) is 2. The van der Waals surface area contributed by atoms with Crippen molar-refractivity contribution in [3.63, 3.8) is 0 Å². The van der Waals surface area contributed by atoms with E-state index in [2.05, 4.69) is 10.2 Å². The summed E-state index contributed by atoms with van der Waals surface area (Å²) >= 11 is 5.91. The van der Waals surface area contributed by atoms with E-state index in [9.17, 15) is 9.90 Å². The van der Waals surface area contributed by atoms with Crippen LogP contribution in [0.4, 0.5) is 5.69 Å². The van der Waals surface area contributed by atoms with E-state index < -0.39 is 6.10 Å². The smallest absolute Gasteiger partial charge is 0.291 e. The van der Waals surface area contributed by atoms with Crippen LogP contribution in [0.2, 0.25) is 5.02 Å². The molecule has 1 aromatic heterocycles. The maximum Gasteiger partial charge on any atom is 0.291 e. The number of benzene rings is 2. The van der Waals surface area contributed by atoms with E-state index in [1.807, 2.05) is 18.2 Å². The second-order valence-corrected chi connectivity index (χ2v) is 8.07. The summed E-state index contributed by atoms with van der Waals surface area (Å²) in [5.41, 5.74) is 0.513. The first-order valence-electron chi connectivity index (χ1n) is 10.5. The van der Waals surface area contributed by atoms with Gasteiger partial charge in [0.1, 0.15) is 30.3 Å². The highest BCUT2D eigenvalue weighted by atomic mass is 35.5. The van der Waals surface area contributed by atoms with Crippen LogP contribution in [-0.4, -0.2) is 54.4 Å². The molecular formula is C24H25ClN2O5. The van der Waals surface area contributed by atoms with Crippen LogP contribution in [0.3, 0.4) is 0 Å². The SMILES string of the molecule is O=C(Nc1ccccc1OCC(O)CN1CCC(Oc2ccc(Cl)cc2)C1)c1ccco1. The summed E-state index contributed by atoms with van der Waals surface area (Å²) in [7, 11) is 0. The van der Waals surface area contributed by atoms with Crippen LogP contribution in [0.1, 0.15) is 17.0 Å². The largest absolute Gasteiger partial charge is 0.489 e. The molecule has 2 atom stereocenters. The molecule has 0 radical (unpaired) electrons. The zero-order valence-electron chi connectivity index (χ0n) is 17.4. The lowest BCUT2D eigenvalue weighted by Crippen LogP contribution is -2.35. The number of amides is 1. The van der Waals surface area contributed by atoms with Gasteiger partial charge in [-0.2, -0.15) is 0 Å². The van der Waals surface area contributed by atoms with Crippen LogP contribution in [0, 0.1) is 0 Å². The van der Waals surface area contributed by atoms with Crippen LogP contribution in [-0.2, 0) is 0 Å². The predicted molar refractivity (Wildman–Crippen MR) is 122 cm³/mol. The van der Waals surface area contributed by atoms with Crippen LogP contribution in [0.15, 0.2) is 71.3 Å². The third kappa shape index (κ3) is 6.03. The number of nitrogens with one attached hydrogen (secondary N) is 1. The normalized spacial score (nSPS) is 17.1. The fourth-order valence-corrected chi connectivity index (χ4v) is 3.71. The summed E-state index contributed by atoms with van der Waals surface area (Å²) in [6.45, 7) is 2.15. The number of halogens is 1. The Bertz CT molecular complexity index is 1010. The Morgan fingerprint density at radius 3 is 2.78 bits per heavy atom. The van der Waals surface area contributed by atoms with Gasteiger partial charge in [0.25, 0.3) is 5.91 Å². The number of likely N-dealkylation sites (tertiary alicyclic amines) is 1. The molecule has 1 saturated heterocycles. The van der Waals surface area contributed by atoms with Crippen molar-refractivity contribution in [2.24, 2.45) is 0 Å². The van der Waals surface area contributed by atoms with Gasteiger partial charge in [-0.25, -0.2) is 0 Å². The molecule has 32 heavy (non-hydrogen) atoms. The summed E-state index contributed by atoms with van der Waals surface area (Å²) in [4.78, 5) is 14.4. The highest BCUT2D eigenvalue weighted by Gasteiger charge is 2.26. The molecule has 2 N–H and O–H groups in total. The Kier molecular flexibility index (Phi) is 7.32. The van der Waals surface area contributed by atoms with Crippen molar-refractivity contribution >= 4 is 23.2 Å². The molecule has 168 valence electrons. The number of anilines is 1. The third-order valence-corrected chi connectivity index (χ3v) is 5.38. The van der Waals surface area contributed by atoms with E-state index >= 15 is 0 Å². The summed E-state index contributed by atoms with van der Waals surface area (Å²) in [6.07, 6.45) is 1.72. The molecule has 1 aliphatic heterocycles. The van der Waals surface area contributed by atoms with Gasteiger partial charge in [0.2, 0.25) is 0 Å². The van der Waals surface area contributed by atoms with Gasteiger partial charge in [-0.05, 0) is 55.0 Å². The fourth-order valence-electron chi connectivity index (χ4n) is 3.59. The molecule has 2 aromatic carbocycles. The minimum absolute atomic E-state index is 0.0711. The first-order chi connectivity index (χ1) is 15.6. The number of hydrogen-bond acceptors (Lipinski definition) is 6. The molecule has 0 bridgehead atoms. The van der Waals surface area contributed by atoms with Crippen LogP contribution in [0.25, 0.3) is 0 Å². The molecule has 2 unspecified atom stereocenters. The van der Waals surface area contributed by atoms with Crippen molar-refractivity contribution in [3.05, 3.63) is 77.7 Å². The van der Waals surface area contributed by atoms with Gasteiger partial charge in [-0.3, -0.25) is 9.69 Å².